The van der Waals surface area contributed by atoms with Crippen LogP contribution in [0.2, 0.25) is 0 Å². The second-order valence-electron chi connectivity index (χ2n) is 3.42. The monoisotopic (exact) mass is 277 g/mol. The standard InChI is InChI=1S/C10H12FNO5S/c1-17-6-9(10(13)14)12-18(15,16)8-4-2-7(11)3-5-8/h2-5,9,12H,6H2,1H3,(H,13,14)/t9-/m0/s1. The van der Waals surface area contributed by atoms with E-state index in [0.29, 0.717) is 0 Å². The topological polar surface area (TPSA) is 92.7 Å². The lowest BCUT2D eigenvalue weighted by Gasteiger charge is -2.13. The van der Waals surface area contributed by atoms with Gasteiger partial charge >= 0.3 is 5.97 Å². The number of ether oxygens (including phenoxy) is 1. The van der Waals surface area contributed by atoms with E-state index in [9.17, 15) is 17.6 Å². The Morgan fingerprint density at radius 2 is 2.00 bits per heavy atom. The average Bonchev–Trinajstić information content (AvgIpc) is 2.28. The van der Waals surface area contributed by atoms with E-state index in [1.165, 1.54) is 7.11 Å². The van der Waals surface area contributed by atoms with Crippen LogP contribution in [-0.2, 0) is 19.6 Å². The maximum atomic E-state index is 12.7. The number of hydrogen-bond acceptors (Lipinski definition) is 4. The Bertz CT molecular complexity index is 514. The Balaban J connectivity index is 2.93. The van der Waals surface area contributed by atoms with Crippen molar-refractivity contribution in [2.24, 2.45) is 0 Å². The van der Waals surface area contributed by atoms with E-state index in [0.717, 1.165) is 24.3 Å². The maximum absolute atomic E-state index is 12.7. The summed E-state index contributed by atoms with van der Waals surface area (Å²) in [7, 11) is -2.77. The van der Waals surface area contributed by atoms with Crippen LogP contribution in [0.15, 0.2) is 29.2 Å². The molecule has 18 heavy (non-hydrogen) atoms. The summed E-state index contributed by atoms with van der Waals surface area (Å²) >= 11 is 0. The van der Waals surface area contributed by atoms with E-state index in [1.807, 2.05) is 4.72 Å². The van der Waals surface area contributed by atoms with Gasteiger partial charge in [-0.2, -0.15) is 4.72 Å². The average molecular weight is 277 g/mol. The highest BCUT2D eigenvalue weighted by Gasteiger charge is 2.25. The molecule has 1 aromatic carbocycles. The molecule has 0 spiro atoms. The first kappa shape index (κ1) is 14.6. The molecule has 1 aromatic rings. The van der Waals surface area contributed by atoms with E-state index >= 15 is 0 Å². The van der Waals surface area contributed by atoms with Crippen LogP contribution in [0.5, 0.6) is 0 Å². The molecule has 0 radical (unpaired) electrons. The fourth-order valence-corrected chi connectivity index (χ4v) is 2.37. The molecule has 0 bridgehead atoms. The second-order valence-corrected chi connectivity index (χ2v) is 5.14. The highest BCUT2D eigenvalue weighted by atomic mass is 32.2. The van der Waals surface area contributed by atoms with Gasteiger partial charge in [0.05, 0.1) is 11.5 Å². The van der Waals surface area contributed by atoms with Gasteiger partial charge in [-0.3, -0.25) is 4.79 Å². The molecule has 8 heteroatoms. The number of aliphatic carboxylic acids is 1. The Hall–Kier alpha value is -1.51. The van der Waals surface area contributed by atoms with Gasteiger partial charge in [-0.05, 0) is 24.3 Å². The molecule has 0 saturated carbocycles. The highest BCUT2D eigenvalue weighted by Crippen LogP contribution is 2.10. The SMILES string of the molecule is COC[C@H](NS(=O)(=O)c1ccc(F)cc1)C(=O)O. The molecule has 0 amide bonds. The number of sulfonamides is 1. The third-order valence-corrected chi connectivity index (χ3v) is 3.54. The fraction of sp³-hybridized carbons (Fsp3) is 0.300. The minimum absolute atomic E-state index is 0.216. The molecule has 0 unspecified atom stereocenters. The summed E-state index contributed by atoms with van der Waals surface area (Å²) in [4.78, 5) is 10.6. The molecule has 0 aliphatic heterocycles. The molecule has 1 rings (SSSR count). The number of rotatable bonds is 6. The Labute approximate surface area is 103 Å². The van der Waals surface area contributed by atoms with Crippen LogP contribution >= 0.6 is 0 Å². The van der Waals surface area contributed by atoms with Crippen molar-refractivity contribution in [3.05, 3.63) is 30.1 Å². The van der Waals surface area contributed by atoms with Gasteiger partial charge in [0.15, 0.2) is 0 Å². The van der Waals surface area contributed by atoms with Gasteiger partial charge in [-0.15, -0.1) is 0 Å². The first-order valence-electron chi connectivity index (χ1n) is 4.86. The highest BCUT2D eigenvalue weighted by molar-refractivity contribution is 7.89. The predicted octanol–water partition coefficient (Wildman–Crippen LogP) is 0.204. The van der Waals surface area contributed by atoms with Gasteiger partial charge in [0.1, 0.15) is 11.9 Å². The van der Waals surface area contributed by atoms with Crippen molar-refractivity contribution in [3.63, 3.8) is 0 Å². The van der Waals surface area contributed by atoms with E-state index in [4.69, 9.17) is 5.11 Å². The molecular weight excluding hydrogens is 265 g/mol. The number of carboxylic acids is 1. The van der Waals surface area contributed by atoms with Crippen molar-refractivity contribution in [2.45, 2.75) is 10.9 Å². The molecule has 2 N–H and O–H groups in total. The van der Waals surface area contributed by atoms with E-state index in [2.05, 4.69) is 4.74 Å². The molecule has 6 nitrogen and oxygen atoms in total. The summed E-state index contributed by atoms with van der Waals surface area (Å²) in [6, 6.07) is 2.64. The van der Waals surface area contributed by atoms with Crippen LogP contribution in [0.1, 0.15) is 0 Å². The third-order valence-electron chi connectivity index (χ3n) is 2.05. The van der Waals surface area contributed by atoms with Gasteiger partial charge in [0, 0.05) is 7.11 Å². The largest absolute Gasteiger partial charge is 0.480 e. The Morgan fingerprint density at radius 3 is 2.44 bits per heavy atom. The number of carboxylic acid groups (broad SMARTS) is 1. The zero-order valence-corrected chi connectivity index (χ0v) is 10.3. The van der Waals surface area contributed by atoms with Crippen molar-refractivity contribution >= 4 is 16.0 Å². The smallest absolute Gasteiger partial charge is 0.324 e. The molecule has 0 heterocycles. The molecule has 0 aliphatic rings. The maximum Gasteiger partial charge on any atom is 0.324 e. The Morgan fingerprint density at radius 1 is 1.44 bits per heavy atom. The Kier molecular flexibility index (Phi) is 4.76. The zero-order chi connectivity index (χ0) is 13.8. The van der Waals surface area contributed by atoms with Crippen LogP contribution < -0.4 is 4.72 Å². The number of hydrogen-bond donors (Lipinski definition) is 2. The van der Waals surface area contributed by atoms with Crippen LogP contribution in [0.4, 0.5) is 4.39 Å². The summed E-state index contributed by atoms with van der Waals surface area (Å²) in [5.41, 5.74) is 0. The lowest BCUT2D eigenvalue weighted by Crippen LogP contribution is -2.43. The van der Waals surface area contributed by atoms with Crippen molar-refractivity contribution in [3.8, 4) is 0 Å². The number of carbonyl (C=O) groups is 1. The second kappa shape index (κ2) is 5.89. The van der Waals surface area contributed by atoms with Crippen molar-refractivity contribution in [1.29, 1.82) is 0 Å². The van der Waals surface area contributed by atoms with Gasteiger partial charge < -0.3 is 9.84 Å². The van der Waals surface area contributed by atoms with E-state index in [-0.39, 0.29) is 11.5 Å². The summed E-state index contributed by atoms with van der Waals surface area (Å²) in [5.74, 6) is -1.94. The van der Waals surface area contributed by atoms with E-state index in [1.54, 1.807) is 0 Å². The molecule has 0 saturated heterocycles. The molecule has 1 atom stereocenters. The third kappa shape index (κ3) is 3.76. The molecule has 0 fully saturated rings. The zero-order valence-electron chi connectivity index (χ0n) is 9.46. The van der Waals surface area contributed by atoms with Crippen LogP contribution in [0.25, 0.3) is 0 Å². The van der Waals surface area contributed by atoms with Crippen LogP contribution in [-0.4, -0.2) is 39.3 Å². The lowest BCUT2D eigenvalue weighted by molar-refractivity contribution is -0.140. The van der Waals surface area contributed by atoms with Gasteiger partial charge in [-0.25, -0.2) is 12.8 Å². The van der Waals surface area contributed by atoms with E-state index < -0.39 is 27.9 Å². The fourth-order valence-electron chi connectivity index (χ4n) is 1.19. The molecule has 100 valence electrons. The number of nitrogens with one attached hydrogen (secondary N) is 1. The summed E-state index contributed by atoms with van der Waals surface area (Å²) in [6.45, 7) is -0.310. The van der Waals surface area contributed by atoms with Gasteiger partial charge in [0.2, 0.25) is 10.0 Å². The molecular formula is C10H12FNO5S. The first-order valence-corrected chi connectivity index (χ1v) is 6.35. The predicted molar refractivity (Wildman–Crippen MR) is 60.0 cm³/mol. The van der Waals surface area contributed by atoms with Crippen molar-refractivity contribution < 1.29 is 27.4 Å². The number of halogens is 1. The van der Waals surface area contributed by atoms with Crippen molar-refractivity contribution in [1.82, 2.24) is 4.72 Å². The quantitative estimate of drug-likeness (QED) is 0.775. The minimum atomic E-state index is -4.02. The summed E-state index contributed by atoms with van der Waals surface area (Å²) < 4.78 is 42.8. The minimum Gasteiger partial charge on any atom is -0.480 e. The number of methoxy groups -OCH3 is 1. The van der Waals surface area contributed by atoms with Crippen LogP contribution in [0, 0.1) is 5.82 Å². The van der Waals surface area contributed by atoms with Crippen molar-refractivity contribution in [2.75, 3.05) is 13.7 Å². The van der Waals surface area contributed by atoms with Gasteiger partial charge in [0.25, 0.3) is 0 Å². The molecule has 0 aromatic heterocycles. The number of benzene rings is 1. The molecule has 0 aliphatic carbocycles. The lowest BCUT2D eigenvalue weighted by atomic mass is 10.3. The van der Waals surface area contributed by atoms with Crippen LogP contribution in [0.3, 0.4) is 0 Å². The summed E-state index contributed by atoms with van der Waals surface area (Å²) in [6.07, 6.45) is 0. The van der Waals surface area contributed by atoms with Gasteiger partial charge in [-0.1, -0.05) is 0 Å². The normalized spacial score (nSPS) is 13.2. The summed E-state index contributed by atoms with van der Waals surface area (Å²) in [5, 5.41) is 8.79. The first-order chi connectivity index (χ1) is 8.36.